The molecule has 5 heteroatoms. The number of carbonyl (C=O) groups is 1. The summed E-state index contributed by atoms with van der Waals surface area (Å²) in [5, 5.41) is 8.54. The Morgan fingerprint density at radius 3 is 2.63 bits per heavy atom. The summed E-state index contributed by atoms with van der Waals surface area (Å²) in [6.45, 7) is 1.90. The van der Waals surface area contributed by atoms with Crippen LogP contribution in [0.4, 0.5) is 5.82 Å². The molecule has 0 aliphatic heterocycles. The lowest BCUT2D eigenvalue weighted by atomic mass is 10.1. The second-order valence-electron chi connectivity index (χ2n) is 6.48. The number of hydrogen-bond acceptors (Lipinski definition) is 3. The molecular weight excluding hydrogens is 336 g/mol. The van der Waals surface area contributed by atoms with E-state index in [1.807, 2.05) is 79.7 Å². The normalized spacial score (nSPS) is 10.9. The number of nitrogens with one attached hydrogen (secondary N) is 1. The molecule has 0 aliphatic carbocycles. The number of anilines is 1. The largest absolute Gasteiger partial charge is 0.311 e. The molecule has 0 atom stereocenters. The molecule has 0 fully saturated rings. The van der Waals surface area contributed by atoms with Crippen LogP contribution in [0.2, 0.25) is 0 Å². The van der Waals surface area contributed by atoms with Gasteiger partial charge in [0.2, 0.25) is 5.91 Å². The maximum atomic E-state index is 12.4. The molecular formula is C22H20N4O. The first-order valence-electron chi connectivity index (χ1n) is 8.96. The molecule has 0 bridgehead atoms. The van der Waals surface area contributed by atoms with Gasteiger partial charge in [-0.25, -0.2) is 4.98 Å². The van der Waals surface area contributed by atoms with Gasteiger partial charge < -0.3 is 5.32 Å². The summed E-state index contributed by atoms with van der Waals surface area (Å²) in [4.78, 5) is 17.1. The van der Waals surface area contributed by atoms with E-state index >= 15 is 0 Å². The molecule has 0 radical (unpaired) electrons. The Morgan fingerprint density at radius 2 is 1.78 bits per heavy atom. The molecule has 27 heavy (non-hydrogen) atoms. The third-order valence-corrected chi connectivity index (χ3v) is 4.38. The molecule has 0 saturated carbocycles. The van der Waals surface area contributed by atoms with Crippen LogP contribution in [0, 0.1) is 6.92 Å². The van der Waals surface area contributed by atoms with Crippen LogP contribution in [0.25, 0.3) is 16.7 Å². The molecule has 5 nitrogen and oxygen atoms in total. The van der Waals surface area contributed by atoms with E-state index < -0.39 is 0 Å². The van der Waals surface area contributed by atoms with Crippen molar-refractivity contribution in [3.63, 3.8) is 0 Å². The average Bonchev–Trinajstić information content (AvgIpc) is 3.07. The van der Waals surface area contributed by atoms with E-state index in [2.05, 4.69) is 15.4 Å². The molecule has 1 N–H and O–H groups in total. The van der Waals surface area contributed by atoms with Crippen molar-refractivity contribution in [2.45, 2.75) is 19.8 Å². The number of nitrogens with zero attached hydrogens (tertiary/aromatic N) is 3. The van der Waals surface area contributed by atoms with Gasteiger partial charge in [0.15, 0.2) is 5.82 Å². The van der Waals surface area contributed by atoms with E-state index in [9.17, 15) is 4.79 Å². The summed E-state index contributed by atoms with van der Waals surface area (Å²) in [5.74, 6) is 1.27. The van der Waals surface area contributed by atoms with Gasteiger partial charge in [-0.1, -0.05) is 48.5 Å². The van der Waals surface area contributed by atoms with Crippen LogP contribution in [-0.2, 0) is 11.2 Å². The van der Waals surface area contributed by atoms with Gasteiger partial charge in [0.05, 0.1) is 11.2 Å². The fourth-order valence-corrected chi connectivity index (χ4v) is 3.04. The van der Waals surface area contributed by atoms with Crippen molar-refractivity contribution < 1.29 is 4.79 Å². The zero-order chi connectivity index (χ0) is 18.6. The van der Waals surface area contributed by atoms with Crippen molar-refractivity contribution in [2.24, 2.45) is 0 Å². The van der Waals surface area contributed by atoms with Gasteiger partial charge in [-0.05, 0) is 37.1 Å². The van der Waals surface area contributed by atoms with E-state index in [1.165, 1.54) is 0 Å². The van der Waals surface area contributed by atoms with Crippen LogP contribution < -0.4 is 5.32 Å². The fourth-order valence-electron chi connectivity index (χ4n) is 3.04. The second kappa shape index (κ2) is 7.41. The molecule has 0 aliphatic rings. The number of carbonyl (C=O) groups excluding carboxylic acids is 1. The molecule has 4 rings (SSSR count). The predicted octanol–water partition coefficient (Wildman–Crippen LogP) is 4.30. The van der Waals surface area contributed by atoms with Crippen molar-refractivity contribution >= 4 is 22.6 Å². The third kappa shape index (κ3) is 3.87. The number of pyridine rings is 1. The van der Waals surface area contributed by atoms with Crippen molar-refractivity contribution in [2.75, 3.05) is 5.32 Å². The smallest absolute Gasteiger partial charge is 0.225 e. The minimum atomic E-state index is -0.0409. The van der Waals surface area contributed by atoms with Crippen LogP contribution in [0.15, 0.2) is 72.8 Å². The van der Waals surface area contributed by atoms with E-state index in [1.54, 1.807) is 4.68 Å². The summed E-state index contributed by atoms with van der Waals surface area (Å²) in [6, 6.07) is 23.7. The van der Waals surface area contributed by atoms with Crippen LogP contribution >= 0.6 is 0 Å². The lowest BCUT2D eigenvalue weighted by molar-refractivity contribution is -0.116. The highest BCUT2D eigenvalue weighted by Crippen LogP contribution is 2.19. The van der Waals surface area contributed by atoms with Crippen LogP contribution in [-0.4, -0.2) is 20.7 Å². The van der Waals surface area contributed by atoms with E-state index in [-0.39, 0.29) is 5.91 Å². The highest BCUT2D eigenvalue weighted by Gasteiger charge is 2.12. The minimum absolute atomic E-state index is 0.0409. The first kappa shape index (κ1) is 17.0. The number of amides is 1. The third-order valence-electron chi connectivity index (χ3n) is 4.38. The Balaban J connectivity index is 1.54. The lowest BCUT2D eigenvalue weighted by Crippen LogP contribution is -2.16. The molecule has 2 aromatic heterocycles. The Labute approximate surface area is 157 Å². The molecule has 134 valence electrons. The highest BCUT2D eigenvalue weighted by atomic mass is 16.1. The Kier molecular flexibility index (Phi) is 4.66. The van der Waals surface area contributed by atoms with Gasteiger partial charge in [0.1, 0.15) is 5.82 Å². The number of benzene rings is 2. The summed E-state index contributed by atoms with van der Waals surface area (Å²) in [6.07, 6.45) is 1.12. The standard InChI is InChI=1S/C22H20N4O/c1-16-15-21(24-22(27)14-11-17-7-3-2-4-8-17)26(25-16)20-13-12-18-9-5-6-10-19(18)23-20/h2-10,12-13,15H,11,14H2,1H3,(H,24,27). The summed E-state index contributed by atoms with van der Waals surface area (Å²) in [7, 11) is 0. The number of rotatable bonds is 5. The fraction of sp³-hybridized carbons (Fsp3) is 0.136. The zero-order valence-corrected chi connectivity index (χ0v) is 15.1. The van der Waals surface area contributed by atoms with Crippen LogP contribution in [0.5, 0.6) is 0 Å². The van der Waals surface area contributed by atoms with Crippen molar-refractivity contribution in [3.8, 4) is 5.82 Å². The number of aromatic nitrogens is 3. The molecule has 0 unspecified atom stereocenters. The number of fused-ring (bicyclic) bond motifs is 1. The predicted molar refractivity (Wildman–Crippen MR) is 107 cm³/mol. The maximum absolute atomic E-state index is 12.4. The van der Waals surface area contributed by atoms with Crippen molar-refractivity contribution in [1.29, 1.82) is 0 Å². The van der Waals surface area contributed by atoms with E-state index in [0.29, 0.717) is 24.5 Å². The molecule has 1 amide bonds. The van der Waals surface area contributed by atoms with E-state index in [0.717, 1.165) is 22.2 Å². The summed E-state index contributed by atoms with van der Waals surface area (Å²) in [5.41, 5.74) is 2.86. The first-order valence-corrected chi connectivity index (χ1v) is 8.96. The molecule has 2 heterocycles. The number of para-hydroxylation sites is 1. The quantitative estimate of drug-likeness (QED) is 0.580. The lowest BCUT2D eigenvalue weighted by Gasteiger charge is -2.09. The maximum Gasteiger partial charge on any atom is 0.225 e. The second-order valence-corrected chi connectivity index (χ2v) is 6.48. The Hall–Kier alpha value is -3.47. The monoisotopic (exact) mass is 356 g/mol. The van der Waals surface area contributed by atoms with Gasteiger partial charge in [0, 0.05) is 17.9 Å². The number of hydrogen-bond donors (Lipinski definition) is 1. The molecule has 0 spiro atoms. The SMILES string of the molecule is Cc1cc(NC(=O)CCc2ccccc2)n(-c2ccc3ccccc3n2)n1. The zero-order valence-electron chi connectivity index (χ0n) is 15.1. The van der Waals surface area contributed by atoms with Gasteiger partial charge in [-0.15, -0.1) is 0 Å². The Bertz CT molecular complexity index is 1090. The van der Waals surface area contributed by atoms with Gasteiger partial charge in [-0.3, -0.25) is 4.79 Å². The van der Waals surface area contributed by atoms with Crippen molar-refractivity contribution in [1.82, 2.24) is 14.8 Å². The molecule has 2 aromatic carbocycles. The van der Waals surface area contributed by atoms with E-state index in [4.69, 9.17) is 0 Å². The van der Waals surface area contributed by atoms with Gasteiger partial charge in [-0.2, -0.15) is 9.78 Å². The van der Waals surface area contributed by atoms with Crippen LogP contribution in [0.3, 0.4) is 0 Å². The number of aryl methyl sites for hydroxylation is 2. The van der Waals surface area contributed by atoms with Gasteiger partial charge in [0.25, 0.3) is 0 Å². The molecule has 4 aromatic rings. The first-order chi connectivity index (χ1) is 13.2. The minimum Gasteiger partial charge on any atom is -0.311 e. The highest BCUT2D eigenvalue weighted by molar-refractivity contribution is 5.90. The molecule has 0 saturated heterocycles. The Morgan fingerprint density at radius 1 is 1.00 bits per heavy atom. The summed E-state index contributed by atoms with van der Waals surface area (Å²) < 4.78 is 1.68. The topological polar surface area (TPSA) is 59.8 Å². The van der Waals surface area contributed by atoms with Gasteiger partial charge >= 0.3 is 0 Å². The summed E-state index contributed by atoms with van der Waals surface area (Å²) >= 11 is 0. The van der Waals surface area contributed by atoms with Crippen molar-refractivity contribution in [3.05, 3.63) is 84.1 Å². The van der Waals surface area contributed by atoms with Crippen LogP contribution in [0.1, 0.15) is 17.7 Å². The average molecular weight is 356 g/mol.